The van der Waals surface area contributed by atoms with E-state index in [4.69, 9.17) is 5.73 Å². The largest absolute Gasteiger partial charge is 0.338 e. The monoisotopic (exact) mass is 278 g/mol. The molecule has 0 bridgehead atoms. The Labute approximate surface area is 114 Å². The number of nitrogens with zero attached hydrogens (tertiary/aromatic N) is 1. The number of likely N-dealkylation sites (tertiary alicyclic amines) is 1. The highest BCUT2D eigenvalue weighted by Crippen LogP contribution is 2.19. The average Bonchev–Trinajstić information content (AvgIpc) is 2.76. The molecule has 0 saturated carbocycles. The van der Waals surface area contributed by atoms with Crippen molar-refractivity contribution in [3.63, 3.8) is 0 Å². The molecule has 18 heavy (non-hydrogen) atoms. The zero-order valence-corrected chi connectivity index (χ0v) is 11.8. The minimum absolute atomic E-state index is 0. The van der Waals surface area contributed by atoms with Crippen LogP contribution in [-0.2, 0) is 4.79 Å². The maximum atomic E-state index is 11.8. The molecule has 1 aliphatic rings. The number of imide groups is 1. The first-order valence-electron chi connectivity index (χ1n) is 6.14. The number of nitrogens with one attached hydrogen (secondary N) is 2. The van der Waals surface area contributed by atoms with E-state index in [2.05, 4.69) is 15.5 Å². The molecule has 1 fully saturated rings. The van der Waals surface area contributed by atoms with Gasteiger partial charge in [0.15, 0.2) is 0 Å². The number of hydrogen-bond acceptors (Lipinski definition) is 4. The number of carbonyl (C=O) groups excluding carboxylic acids is 2. The second-order valence-electron chi connectivity index (χ2n) is 4.29. The Hall–Kier alpha value is -0.850. The third-order valence-electron chi connectivity index (χ3n) is 3.15. The van der Waals surface area contributed by atoms with Crippen LogP contribution in [0.25, 0.3) is 0 Å². The second-order valence-corrected chi connectivity index (χ2v) is 4.29. The number of hydrogen-bond donors (Lipinski definition) is 3. The van der Waals surface area contributed by atoms with E-state index < -0.39 is 6.03 Å². The maximum absolute atomic E-state index is 11.8. The molecule has 2 atom stereocenters. The van der Waals surface area contributed by atoms with E-state index in [-0.39, 0.29) is 30.4 Å². The molecule has 0 aliphatic carbocycles. The number of amides is 3. The first-order valence-corrected chi connectivity index (χ1v) is 6.14. The predicted molar refractivity (Wildman–Crippen MR) is 72.7 cm³/mol. The molecule has 0 radical (unpaired) electrons. The minimum Gasteiger partial charge on any atom is -0.338 e. The van der Waals surface area contributed by atoms with Gasteiger partial charge in [-0.1, -0.05) is 0 Å². The molecule has 106 valence electrons. The Morgan fingerprint density at radius 3 is 2.72 bits per heavy atom. The van der Waals surface area contributed by atoms with E-state index in [1.54, 1.807) is 6.92 Å². The third-order valence-corrected chi connectivity index (χ3v) is 3.15. The molecular weight excluding hydrogens is 256 g/mol. The van der Waals surface area contributed by atoms with Crippen LogP contribution >= 0.6 is 12.4 Å². The van der Waals surface area contributed by atoms with Crippen LogP contribution in [0, 0.1) is 0 Å². The smallest absolute Gasteiger partial charge is 0.321 e. The molecule has 1 aliphatic heterocycles. The Balaban J connectivity index is 0.00000289. The molecular formula is C11H23ClN4O2. The molecule has 1 rings (SSSR count). The Bertz CT molecular complexity index is 288. The van der Waals surface area contributed by atoms with Crippen LogP contribution in [0.5, 0.6) is 0 Å². The number of halogens is 1. The second kappa shape index (κ2) is 8.29. The van der Waals surface area contributed by atoms with Gasteiger partial charge in [0.05, 0.1) is 6.04 Å². The van der Waals surface area contributed by atoms with Crippen LogP contribution in [0.1, 0.15) is 26.7 Å². The van der Waals surface area contributed by atoms with Crippen molar-refractivity contribution in [3.05, 3.63) is 0 Å². The topological polar surface area (TPSA) is 87.5 Å². The summed E-state index contributed by atoms with van der Waals surface area (Å²) in [5, 5.41) is 4.86. The van der Waals surface area contributed by atoms with Gasteiger partial charge in [-0.25, -0.2) is 4.79 Å². The summed E-state index contributed by atoms with van der Waals surface area (Å²) in [5.41, 5.74) is 5.66. The van der Waals surface area contributed by atoms with Gasteiger partial charge in [0.2, 0.25) is 5.91 Å². The van der Waals surface area contributed by atoms with E-state index >= 15 is 0 Å². The fourth-order valence-corrected chi connectivity index (χ4v) is 2.19. The summed E-state index contributed by atoms with van der Waals surface area (Å²) < 4.78 is 0. The summed E-state index contributed by atoms with van der Waals surface area (Å²) >= 11 is 0. The van der Waals surface area contributed by atoms with Gasteiger partial charge >= 0.3 is 6.03 Å². The van der Waals surface area contributed by atoms with Crippen molar-refractivity contribution in [2.75, 3.05) is 19.6 Å². The molecule has 1 heterocycles. The minimum atomic E-state index is -0.437. The highest BCUT2D eigenvalue weighted by atomic mass is 35.5. The van der Waals surface area contributed by atoms with Crippen molar-refractivity contribution in [2.45, 2.75) is 38.8 Å². The van der Waals surface area contributed by atoms with Gasteiger partial charge in [0.25, 0.3) is 0 Å². The van der Waals surface area contributed by atoms with Gasteiger partial charge < -0.3 is 11.1 Å². The predicted octanol–water partition coefficient (Wildman–Crippen LogP) is 0.0655. The number of urea groups is 1. The molecule has 0 aromatic heterocycles. The molecule has 2 unspecified atom stereocenters. The first kappa shape index (κ1) is 17.2. The van der Waals surface area contributed by atoms with Crippen LogP contribution in [0.15, 0.2) is 0 Å². The average molecular weight is 279 g/mol. The van der Waals surface area contributed by atoms with Crippen LogP contribution in [-0.4, -0.2) is 48.6 Å². The summed E-state index contributed by atoms with van der Waals surface area (Å²) in [4.78, 5) is 25.1. The van der Waals surface area contributed by atoms with Crippen LogP contribution in [0.3, 0.4) is 0 Å². The quantitative estimate of drug-likeness (QED) is 0.679. The van der Waals surface area contributed by atoms with Crippen molar-refractivity contribution in [2.24, 2.45) is 5.73 Å². The SMILES string of the molecule is CCNC(=O)NC(=O)C(C)N1CCCC1CN.Cl. The lowest BCUT2D eigenvalue weighted by Gasteiger charge is -2.28. The van der Waals surface area contributed by atoms with E-state index in [1.165, 1.54) is 0 Å². The molecule has 7 heteroatoms. The lowest BCUT2D eigenvalue weighted by molar-refractivity contribution is -0.125. The maximum Gasteiger partial charge on any atom is 0.321 e. The molecule has 0 spiro atoms. The van der Waals surface area contributed by atoms with Crippen molar-refractivity contribution >= 4 is 24.3 Å². The first-order chi connectivity index (χ1) is 8.10. The number of rotatable bonds is 4. The summed E-state index contributed by atoms with van der Waals surface area (Å²) in [6.07, 6.45) is 2.08. The Morgan fingerprint density at radius 1 is 1.50 bits per heavy atom. The zero-order chi connectivity index (χ0) is 12.8. The third kappa shape index (κ3) is 4.44. The van der Waals surface area contributed by atoms with E-state index in [0.29, 0.717) is 13.1 Å². The van der Waals surface area contributed by atoms with Crippen molar-refractivity contribution in [3.8, 4) is 0 Å². The summed E-state index contributed by atoms with van der Waals surface area (Å²) in [6, 6.07) is -0.494. The summed E-state index contributed by atoms with van der Waals surface area (Å²) in [5.74, 6) is -0.267. The molecule has 1 saturated heterocycles. The highest BCUT2D eigenvalue weighted by Gasteiger charge is 2.31. The summed E-state index contributed by atoms with van der Waals surface area (Å²) in [7, 11) is 0. The fourth-order valence-electron chi connectivity index (χ4n) is 2.19. The van der Waals surface area contributed by atoms with E-state index in [9.17, 15) is 9.59 Å². The van der Waals surface area contributed by atoms with Crippen LogP contribution < -0.4 is 16.4 Å². The molecule has 3 amide bonds. The van der Waals surface area contributed by atoms with Crippen molar-refractivity contribution in [1.82, 2.24) is 15.5 Å². The Morgan fingerprint density at radius 2 is 2.17 bits per heavy atom. The van der Waals surface area contributed by atoms with Gasteiger partial charge in [-0.15, -0.1) is 12.4 Å². The Kier molecular flexibility index (Phi) is 7.90. The normalized spacial score (nSPS) is 20.9. The van der Waals surface area contributed by atoms with Gasteiger partial charge in [0, 0.05) is 19.1 Å². The lowest BCUT2D eigenvalue weighted by Crippen LogP contribution is -2.52. The molecule has 0 aromatic rings. The molecule has 0 aromatic carbocycles. The van der Waals surface area contributed by atoms with Gasteiger partial charge in [-0.05, 0) is 33.2 Å². The van der Waals surface area contributed by atoms with E-state index in [1.807, 2.05) is 6.92 Å². The highest BCUT2D eigenvalue weighted by molar-refractivity contribution is 5.96. The fraction of sp³-hybridized carbons (Fsp3) is 0.818. The summed E-state index contributed by atoms with van der Waals surface area (Å²) in [6.45, 7) is 5.54. The van der Waals surface area contributed by atoms with Crippen LogP contribution in [0.2, 0.25) is 0 Å². The van der Waals surface area contributed by atoms with E-state index in [0.717, 1.165) is 19.4 Å². The number of carbonyl (C=O) groups is 2. The molecule has 4 N–H and O–H groups in total. The lowest BCUT2D eigenvalue weighted by atomic mass is 10.2. The van der Waals surface area contributed by atoms with Crippen molar-refractivity contribution < 1.29 is 9.59 Å². The van der Waals surface area contributed by atoms with Gasteiger partial charge in [0.1, 0.15) is 0 Å². The van der Waals surface area contributed by atoms with Crippen LogP contribution in [0.4, 0.5) is 4.79 Å². The molecule has 6 nitrogen and oxygen atoms in total. The van der Waals surface area contributed by atoms with Gasteiger partial charge in [-0.3, -0.25) is 15.0 Å². The zero-order valence-electron chi connectivity index (χ0n) is 10.9. The number of nitrogens with two attached hydrogens (primary N) is 1. The van der Waals surface area contributed by atoms with Gasteiger partial charge in [-0.2, -0.15) is 0 Å². The van der Waals surface area contributed by atoms with Crippen molar-refractivity contribution in [1.29, 1.82) is 0 Å². The standard InChI is InChI=1S/C11H22N4O2.ClH/c1-3-13-11(17)14-10(16)8(2)15-6-4-5-9(15)7-12;/h8-9H,3-7,12H2,1-2H3,(H2,13,14,16,17);1H.